The van der Waals surface area contributed by atoms with Crippen molar-refractivity contribution in [1.82, 2.24) is 3.11 Å². The zero-order chi connectivity index (χ0) is 6.69. The fraction of sp³-hybridized carbons (Fsp3) is 0.833. The molecule has 0 aromatic carbocycles. The number of rotatable bonds is 1. The Morgan fingerprint density at radius 2 is 2.67 bits per heavy atom. The highest BCUT2D eigenvalue weighted by Crippen LogP contribution is 2.11. The Labute approximate surface area is 69.8 Å². The van der Waals surface area contributed by atoms with Gasteiger partial charge < -0.3 is 3.11 Å². The summed E-state index contributed by atoms with van der Waals surface area (Å²) in [4.78, 5) is 4.20. The van der Waals surface area contributed by atoms with Crippen molar-refractivity contribution in [2.24, 2.45) is 10.9 Å². The first kappa shape index (κ1) is 7.31. The summed E-state index contributed by atoms with van der Waals surface area (Å²) in [6.07, 6.45) is 3.16. The standard InChI is InChI=1S/C6H11IN2/c1-2-6-3-8-5-9(7)4-6/h5-6H,2-4H2,1H3. The van der Waals surface area contributed by atoms with E-state index in [-0.39, 0.29) is 0 Å². The molecule has 0 amide bonds. The molecule has 0 radical (unpaired) electrons. The Morgan fingerprint density at radius 1 is 1.89 bits per heavy atom. The van der Waals surface area contributed by atoms with Gasteiger partial charge in [0.1, 0.15) is 0 Å². The maximum Gasteiger partial charge on any atom is 0.0937 e. The molecule has 2 nitrogen and oxygen atoms in total. The second-order valence-corrected chi connectivity index (χ2v) is 3.58. The maximum absolute atomic E-state index is 4.20. The average Bonchev–Trinajstić information content (AvgIpc) is 1.88. The summed E-state index contributed by atoms with van der Waals surface area (Å²) in [7, 11) is 0. The van der Waals surface area contributed by atoms with E-state index in [2.05, 4.69) is 37.9 Å². The third kappa shape index (κ3) is 2.12. The molecule has 0 aliphatic carbocycles. The van der Waals surface area contributed by atoms with Crippen molar-refractivity contribution in [3.8, 4) is 0 Å². The lowest BCUT2D eigenvalue weighted by atomic mass is 10.1. The SMILES string of the molecule is CCC1CN=CN(I)C1. The molecule has 0 aromatic heterocycles. The van der Waals surface area contributed by atoms with Crippen molar-refractivity contribution >= 4 is 29.2 Å². The molecule has 0 fully saturated rings. The topological polar surface area (TPSA) is 15.6 Å². The quantitative estimate of drug-likeness (QED) is 0.501. The monoisotopic (exact) mass is 238 g/mol. The third-order valence-electron chi connectivity index (χ3n) is 1.58. The highest BCUT2D eigenvalue weighted by Gasteiger charge is 2.11. The van der Waals surface area contributed by atoms with E-state index >= 15 is 0 Å². The van der Waals surface area contributed by atoms with Crippen LogP contribution < -0.4 is 0 Å². The Balaban J connectivity index is 2.38. The van der Waals surface area contributed by atoms with Crippen LogP contribution in [0, 0.1) is 5.92 Å². The molecule has 1 rings (SSSR count). The summed E-state index contributed by atoms with van der Waals surface area (Å²) < 4.78 is 2.12. The van der Waals surface area contributed by atoms with Crippen LogP contribution in [0.2, 0.25) is 0 Å². The van der Waals surface area contributed by atoms with E-state index < -0.39 is 0 Å². The highest BCUT2D eigenvalue weighted by molar-refractivity contribution is 14.1. The van der Waals surface area contributed by atoms with Gasteiger partial charge in [0.2, 0.25) is 0 Å². The van der Waals surface area contributed by atoms with Crippen molar-refractivity contribution in [2.45, 2.75) is 13.3 Å². The summed E-state index contributed by atoms with van der Waals surface area (Å²) in [6.45, 7) is 4.41. The van der Waals surface area contributed by atoms with Gasteiger partial charge in [-0.2, -0.15) is 0 Å². The van der Waals surface area contributed by atoms with Crippen LogP contribution in [0.25, 0.3) is 0 Å². The number of aliphatic imine (C=N–C) groups is 1. The Kier molecular flexibility index (Phi) is 2.75. The van der Waals surface area contributed by atoms with Crippen LogP contribution in [0.5, 0.6) is 0 Å². The number of nitrogens with zero attached hydrogens (tertiary/aromatic N) is 2. The van der Waals surface area contributed by atoms with Crippen molar-refractivity contribution in [3.63, 3.8) is 0 Å². The lowest BCUT2D eigenvalue weighted by Gasteiger charge is -2.21. The van der Waals surface area contributed by atoms with Gasteiger partial charge in [-0.3, -0.25) is 4.99 Å². The number of hydrogen-bond donors (Lipinski definition) is 0. The molecule has 9 heavy (non-hydrogen) atoms. The van der Waals surface area contributed by atoms with Gasteiger partial charge in [0.25, 0.3) is 0 Å². The zero-order valence-corrected chi connectivity index (χ0v) is 7.71. The molecule has 1 heterocycles. The number of halogens is 1. The van der Waals surface area contributed by atoms with Gasteiger partial charge in [0.15, 0.2) is 0 Å². The minimum Gasteiger partial charge on any atom is -0.305 e. The molecule has 0 bridgehead atoms. The predicted molar refractivity (Wildman–Crippen MR) is 47.9 cm³/mol. The molecule has 3 heteroatoms. The van der Waals surface area contributed by atoms with Gasteiger partial charge in [-0.1, -0.05) is 6.92 Å². The normalized spacial score (nSPS) is 26.9. The second kappa shape index (κ2) is 3.39. The first-order valence-electron chi connectivity index (χ1n) is 3.25. The molecular formula is C6H11IN2. The molecule has 1 aliphatic rings. The maximum atomic E-state index is 4.20. The van der Waals surface area contributed by atoms with E-state index in [1.807, 2.05) is 6.34 Å². The largest absolute Gasteiger partial charge is 0.305 e. The van der Waals surface area contributed by atoms with Crippen LogP contribution in [-0.2, 0) is 0 Å². The first-order valence-corrected chi connectivity index (χ1v) is 4.21. The minimum absolute atomic E-state index is 0.784. The molecule has 0 saturated heterocycles. The van der Waals surface area contributed by atoms with Gasteiger partial charge in [0.05, 0.1) is 29.2 Å². The molecule has 0 N–H and O–H groups in total. The van der Waals surface area contributed by atoms with Crippen LogP contribution in [0.3, 0.4) is 0 Å². The van der Waals surface area contributed by atoms with Gasteiger partial charge in [-0.05, 0) is 12.3 Å². The van der Waals surface area contributed by atoms with E-state index in [9.17, 15) is 0 Å². The zero-order valence-electron chi connectivity index (χ0n) is 5.55. The van der Waals surface area contributed by atoms with Gasteiger partial charge >= 0.3 is 0 Å². The first-order chi connectivity index (χ1) is 4.33. The van der Waals surface area contributed by atoms with Gasteiger partial charge in [0, 0.05) is 13.1 Å². The average molecular weight is 238 g/mol. The van der Waals surface area contributed by atoms with Crippen LogP contribution in [0.1, 0.15) is 13.3 Å². The van der Waals surface area contributed by atoms with Crippen molar-refractivity contribution < 1.29 is 0 Å². The van der Waals surface area contributed by atoms with Crippen molar-refractivity contribution in [3.05, 3.63) is 0 Å². The Bertz CT molecular complexity index is 114. The fourth-order valence-electron chi connectivity index (χ4n) is 0.895. The molecule has 1 atom stereocenters. The lowest BCUT2D eigenvalue weighted by molar-refractivity contribution is 0.446. The highest BCUT2D eigenvalue weighted by atomic mass is 127. The summed E-state index contributed by atoms with van der Waals surface area (Å²) >= 11 is 2.28. The summed E-state index contributed by atoms with van der Waals surface area (Å²) in [5, 5.41) is 0. The molecule has 52 valence electrons. The predicted octanol–water partition coefficient (Wildman–Crippen LogP) is 1.71. The van der Waals surface area contributed by atoms with E-state index in [4.69, 9.17) is 0 Å². The van der Waals surface area contributed by atoms with Crippen LogP contribution in [0.4, 0.5) is 0 Å². The van der Waals surface area contributed by atoms with E-state index in [0.29, 0.717) is 0 Å². The molecule has 0 aromatic rings. The summed E-state index contributed by atoms with van der Waals surface area (Å²) in [6, 6.07) is 0. The molecule has 0 saturated carbocycles. The molecule has 1 aliphatic heterocycles. The van der Waals surface area contributed by atoms with Crippen molar-refractivity contribution in [2.75, 3.05) is 13.1 Å². The van der Waals surface area contributed by atoms with Crippen LogP contribution >= 0.6 is 22.9 Å². The van der Waals surface area contributed by atoms with Crippen LogP contribution in [0.15, 0.2) is 4.99 Å². The number of hydrogen-bond acceptors (Lipinski definition) is 2. The van der Waals surface area contributed by atoms with Gasteiger partial charge in [-0.15, -0.1) is 0 Å². The Hall–Kier alpha value is 0.200. The third-order valence-corrected chi connectivity index (χ3v) is 2.22. The minimum atomic E-state index is 0.784. The van der Waals surface area contributed by atoms with E-state index in [1.165, 1.54) is 13.0 Å². The van der Waals surface area contributed by atoms with Gasteiger partial charge in [-0.25, -0.2) is 0 Å². The fourth-order valence-corrected chi connectivity index (χ4v) is 1.63. The second-order valence-electron chi connectivity index (χ2n) is 2.34. The molecule has 0 spiro atoms. The molecule has 1 unspecified atom stereocenters. The smallest absolute Gasteiger partial charge is 0.0937 e. The van der Waals surface area contributed by atoms with E-state index in [1.54, 1.807) is 0 Å². The van der Waals surface area contributed by atoms with E-state index in [0.717, 1.165) is 12.5 Å². The lowest BCUT2D eigenvalue weighted by Crippen LogP contribution is -2.25. The Morgan fingerprint density at radius 3 is 3.11 bits per heavy atom. The van der Waals surface area contributed by atoms with Crippen molar-refractivity contribution in [1.29, 1.82) is 0 Å². The molecular weight excluding hydrogens is 227 g/mol. The summed E-state index contributed by atoms with van der Waals surface area (Å²) in [5.41, 5.74) is 0. The summed E-state index contributed by atoms with van der Waals surface area (Å²) in [5.74, 6) is 0.784. The van der Waals surface area contributed by atoms with Crippen LogP contribution in [-0.4, -0.2) is 22.5 Å².